The fourth-order valence-corrected chi connectivity index (χ4v) is 1.77. The summed E-state index contributed by atoms with van der Waals surface area (Å²) in [6.07, 6.45) is 1.69. The molecule has 0 aromatic heterocycles. The maximum Gasteiger partial charge on any atom is 0.320 e. The minimum Gasteiger partial charge on any atom is -0.480 e. The number of hydrogen-bond acceptors (Lipinski definition) is 4. The van der Waals surface area contributed by atoms with E-state index in [2.05, 4.69) is 5.32 Å². The molecule has 0 radical (unpaired) electrons. The molecule has 1 unspecified atom stereocenters. The Labute approximate surface area is 123 Å². The molecule has 1 aromatic carbocycles. The van der Waals surface area contributed by atoms with E-state index in [4.69, 9.17) is 10.8 Å². The van der Waals surface area contributed by atoms with E-state index in [9.17, 15) is 14.4 Å². The lowest BCUT2D eigenvalue weighted by atomic mass is 10.1. The summed E-state index contributed by atoms with van der Waals surface area (Å²) in [5.74, 6) is -1.27. The Hall–Kier alpha value is -2.21. The molecule has 1 amide bonds. The number of rotatable bonds is 8. The van der Waals surface area contributed by atoms with E-state index in [1.165, 1.54) is 6.92 Å². The normalized spacial score (nSPS) is 11.7. The number of benzene rings is 1. The number of ketones is 1. The molecule has 0 heterocycles. The van der Waals surface area contributed by atoms with Gasteiger partial charge in [-0.1, -0.05) is 12.1 Å². The van der Waals surface area contributed by atoms with Gasteiger partial charge in [0.1, 0.15) is 6.04 Å². The lowest BCUT2D eigenvalue weighted by Crippen LogP contribution is -2.30. The highest BCUT2D eigenvalue weighted by molar-refractivity contribution is 5.97. The molecule has 114 valence electrons. The van der Waals surface area contributed by atoms with Crippen molar-refractivity contribution < 1.29 is 19.5 Å². The summed E-state index contributed by atoms with van der Waals surface area (Å²) in [6.45, 7) is 1.93. The van der Waals surface area contributed by atoms with Crippen molar-refractivity contribution >= 4 is 17.7 Å². The van der Waals surface area contributed by atoms with Gasteiger partial charge in [-0.2, -0.15) is 0 Å². The summed E-state index contributed by atoms with van der Waals surface area (Å²) in [6, 6.07) is 5.59. The maximum absolute atomic E-state index is 11.8. The molecule has 1 aromatic rings. The summed E-state index contributed by atoms with van der Waals surface area (Å²) in [5, 5.41) is 11.4. The number of carboxylic acid groups (broad SMARTS) is 1. The minimum absolute atomic E-state index is 0.0447. The number of unbranched alkanes of at least 4 members (excludes halogenated alkanes) is 1. The Morgan fingerprint density at radius 2 is 1.71 bits per heavy atom. The van der Waals surface area contributed by atoms with Crippen molar-refractivity contribution in [2.24, 2.45) is 5.73 Å². The zero-order valence-electron chi connectivity index (χ0n) is 12.0. The molecule has 6 nitrogen and oxygen atoms in total. The second-order valence-electron chi connectivity index (χ2n) is 4.83. The van der Waals surface area contributed by atoms with Gasteiger partial charge >= 0.3 is 5.97 Å². The molecule has 1 rings (SSSR count). The van der Waals surface area contributed by atoms with Crippen LogP contribution in [0.25, 0.3) is 0 Å². The molecule has 0 fully saturated rings. The second kappa shape index (κ2) is 8.16. The Bertz CT molecular complexity index is 511. The summed E-state index contributed by atoms with van der Waals surface area (Å²) in [7, 11) is 0. The molecule has 0 spiro atoms. The fraction of sp³-hybridized carbons (Fsp3) is 0.400. The monoisotopic (exact) mass is 292 g/mol. The largest absolute Gasteiger partial charge is 0.480 e. The number of amides is 1. The third kappa shape index (κ3) is 5.74. The first-order valence-corrected chi connectivity index (χ1v) is 6.79. The van der Waals surface area contributed by atoms with Crippen LogP contribution in [0.2, 0.25) is 0 Å². The standard InChI is InChI=1S/C15H20N2O4/c1-10(18)11-5-7-12(8-6-11)14(19)17-9-3-2-4-13(16)15(20)21/h5-8,13H,2-4,9,16H2,1H3,(H,17,19)(H,20,21). The zero-order valence-corrected chi connectivity index (χ0v) is 12.0. The molecule has 0 aliphatic heterocycles. The first-order valence-electron chi connectivity index (χ1n) is 6.79. The lowest BCUT2D eigenvalue weighted by molar-refractivity contribution is -0.138. The van der Waals surface area contributed by atoms with Gasteiger partial charge in [-0.3, -0.25) is 14.4 Å². The summed E-state index contributed by atoms with van der Waals surface area (Å²) < 4.78 is 0. The summed E-state index contributed by atoms with van der Waals surface area (Å²) in [5.41, 5.74) is 6.43. The van der Waals surface area contributed by atoms with Crippen molar-refractivity contribution in [3.05, 3.63) is 35.4 Å². The lowest BCUT2D eigenvalue weighted by Gasteiger charge is -2.07. The molecular formula is C15H20N2O4. The maximum atomic E-state index is 11.8. The minimum atomic E-state index is -1.01. The highest BCUT2D eigenvalue weighted by Crippen LogP contribution is 2.05. The SMILES string of the molecule is CC(=O)c1ccc(C(=O)NCCCCC(N)C(=O)O)cc1. The molecule has 0 saturated heterocycles. The van der Waals surface area contributed by atoms with E-state index < -0.39 is 12.0 Å². The predicted octanol–water partition coefficient (Wildman–Crippen LogP) is 1.20. The van der Waals surface area contributed by atoms with Crippen LogP contribution in [-0.4, -0.2) is 35.4 Å². The number of nitrogens with one attached hydrogen (secondary N) is 1. The highest BCUT2D eigenvalue weighted by Gasteiger charge is 2.10. The Balaban J connectivity index is 2.31. The van der Waals surface area contributed by atoms with Crippen molar-refractivity contribution in [2.45, 2.75) is 32.2 Å². The van der Waals surface area contributed by atoms with Gasteiger partial charge in [0.25, 0.3) is 5.91 Å². The second-order valence-corrected chi connectivity index (χ2v) is 4.83. The quantitative estimate of drug-likeness (QED) is 0.492. The number of carbonyl (C=O) groups is 3. The topological polar surface area (TPSA) is 109 Å². The van der Waals surface area contributed by atoms with Gasteiger partial charge in [0.05, 0.1) is 0 Å². The van der Waals surface area contributed by atoms with Crippen LogP contribution < -0.4 is 11.1 Å². The Morgan fingerprint density at radius 1 is 1.14 bits per heavy atom. The number of carboxylic acids is 1. The van der Waals surface area contributed by atoms with Crippen molar-refractivity contribution in [1.29, 1.82) is 0 Å². The molecular weight excluding hydrogens is 272 g/mol. The van der Waals surface area contributed by atoms with Crippen LogP contribution in [0.1, 0.15) is 46.9 Å². The third-order valence-electron chi connectivity index (χ3n) is 3.10. The van der Waals surface area contributed by atoms with Crippen LogP contribution in [0.4, 0.5) is 0 Å². The molecule has 0 aliphatic carbocycles. The molecule has 1 atom stereocenters. The van der Waals surface area contributed by atoms with Gasteiger partial charge in [-0.15, -0.1) is 0 Å². The Morgan fingerprint density at radius 3 is 2.24 bits per heavy atom. The van der Waals surface area contributed by atoms with Crippen molar-refractivity contribution in [3.8, 4) is 0 Å². The molecule has 0 saturated carbocycles. The van der Waals surface area contributed by atoms with E-state index in [0.717, 1.165) is 0 Å². The fourth-order valence-electron chi connectivity index (χ4n) is 1.77. The average Bonchev–Trinajstić information content (AvgIpc) is 2.46. The summed E-state index contributed by atoms with van der Waals surface area (Å²) in [4.78, 5) is 33.4. The Kier molecular flexibility index (Phi) is 6.55. The highest BCUT2D eigenvalue weighted by atomic mass is 16.4. The van der Waals surface area contributed by atoms with Gasteiger partial charge in [-0.25, -0.2) is 0 Å². The molecule has 4 N–H and O–H groups in total. The van der Waals surface area contributed by atoms with Gasteiger partial charge in [0.15, 0.2) is 5.78 Å². The molecule has 21 heavy (non-hydrogen) atoms. The molecule has 6 heteroatoms. The first-order chi connectivity index (χ1) is 9.91. The van der Waals surface area contributed by atoms with E-state index >= 15 is 0 Å². The van der Waals surface area contributed by atoms with Gasteiger partial charge < -0.3 is 16.2 Å². The zero-order chi connectivity index (χ0) is 15.8. The van der Waals surface area contributed by atoms with Crippen LogP contribution in [0.15, 0.2) is 24.3 Å². The van der Waals surface area contributed by atoms with Crippen molar-refractivity contribution in [3.63, 3.8) is 0 Å². The number of hydrogen-bond donors (Lipinski definition) is 3. The van der Waals surface area contributed by atoms with Crippen molar-refractivity contribution in [2.75, 3.05) is 6.54 Å². The average molecular weight is 292 g/mol. The van der Waals surface area contributed by atoms with Crippen LogP contribution in [0, 0.1) is 0 Å². The molecule has 0 bridgehead atoms. The van der Waals surface area contributed by atoms with Crippen molar-refractivity contribution in [1.82, 2.24) is 5.32 Å². The third-order valence-corrected chi connectivity index (χ3v) is 3.10. The van der Waals surface area contributed by atoms with E-state index in [0.29, 0.717) is 36.9 Å². The van der Waals surface area contributed by atoms with Crippen LogP contribution in [0.3, 0.4) is 0 Å². The predicted molar refractivity (Wildman–Crippen MR) is 78.2 cm³/mol. The van der Waals surface area contributed by atoms with Gasteiger partial charge in [0, 0.05) is 17.7 Å². The van der Waals surface area contributed by atoms with Crippen LogP contribution in [0.5, 0.6) is 0 Å². The molecule has 0 aliphatic rings. The smallest absolute Gasteiger partial charge is 0.320 e. The van der Waals surface area contributed by atoms with E-state index in [1.54, 1.807) is 24.3 Å². The van der Waals surface area contributed by atoms with Crippen LogP contribution >= 0.6 is 0 Å². The summed E-state index contributed by atoms with van der Waals surface area (Å²) >= 11 is 0. The van der Waals surface area contributed by atoms with E-state index in [-0.39, 0.29) is 11.7 Å². The first kappa shape index (κ1) is 16.8. The number of aliphatic carboxylic acids is 1. The number of nitrogens with two attached hydrogens (primary N) is 1. The number of carbonyl (C=O) groups excluding carboxylic acids is 2. The van der Waals surface area contributed by atoms with E-state index in [1.807, 2.05) is 0 Å². The number of Topliss-reactive ketones (excluding diaryl/α,β-unsaturated/α-hetero) is 1. The van der Waals surface area contributed by atoms with Gasteiger partial charge in [-0.05, 0) is 38.3 Å². The van der Waals surface area contributed by atoms with Gasteiger partial charge in [0.2, 0.25) is 0 Å². The van der Waals surface area contributed by atoms with Crippen LogP contribution in [-0.2, 0) is 4.79 Å².